The molecule has 0 bridgehead atoms. The smallest absolute Gasteiger partial charge is 0.306 e. The van der Waals surface area contributed by atoms with Crippen molar-refractivity contribution >= 4 is 18.4 Å². The summed E-state index contributed by atoms with van der Waals surface area (Å²) >= 11 is 0. The van der Waals surface area contributed by atoms with E-state index in [-0.39, 0.29) is 30.0 Å². The molecule has 0 aliphatic carbocycles. The van der Waals surface area contributed by atoms with Crippen LogP contribution in [0, 0.1) is 11.8 Å². The number of esters is 1. The number of carbonyl (C=O) groups excluding carboxylic acids is 1. The van der Waals surface area contributed by atoms with E-state index < -0.39 is 0 Å². The Morgan fingerprint density at radius 1 is 1.39 bits per heavy atom. The normalized spacial score (nSPS) is 17.2. The van der Waals surface area contributed by atoms with Crippen LogP contribution in [0.4, 0.5) is 0 Å². The molecule has 0 saturated heterocycles. The van der Waals surface area contributed by atoms with Crippen molar-refractivity contribution in [2.24, 2.45) is 27.8 Å². The van der Waals surface area contributed by atoms with Gasteiger partial charge in [0.05, 0.1) is 6.61 Å². The molecule has 1 atom stereocenters. The third-order valence-corrected chi connectivity index (χ3v) is 2.87. The highest BCUT2D eigenvalue weighted by molar-refractivity contribution is 5.85. The molecule has 1 heterocycles. The molecule has 1 aliphatic heterocycles. The highest BCUT2D eigenvalue weighted by Crippen LogP contribution is 2.30. The molecule has 0 saturated carbocycles. The van der Waals surface area contributed by atoms with Crippen LogP contribution in [0.2, 0.25) is 0 Å². The van der Waals surface area contributed by atoms with E-state index in [1.165, 1.54) is 0 Å². The fourth-order valence-electron chi connectivity index (χ4n) is 1.77. The van der Waals surface area contributed by atoms with Crippen molar-refractivity contribution in [1.82, 2.24) is 0 Å². The molecule has 18 heavy (non-hydrogen) atoms. The molecule has 0 fully saturated rings. The van der Waals surface area contributed by atoms with Gasteiger partial charge in [0.2, 0.25) is 0 Å². The molecule has 6 heteroatoms. The van der Waals surface area contributed by atoms with Crippen molar-refractivity contribution in [3.63, 3.8) is 0 Å². The summed E-state index contributed by atoms with van der Waals surface area (Å²) < 4.78 is 5.16. The zero-order valence-electron chi connectivity index (χ0n) is 11.4. The van der Waals surface area contributed by atoms with Gasteiger partial charge in [0.15, 0.2) is 5.66 Å². The second-order valence-corrected chi connectivity index (χ2v) is 5.32. The van der Waals surface area contributed by atoms with Crippen molar-refractivity contribution in [3.8, 4) is 0 Å². The lowest BCUT2D eigenvalue weighted by molar-refractivity contribution is -0.145. The van der Waals surface area contributed by atoms with E-state index in [9.17, 15) is 4.79 Å². The van der Waals surface area contributed by atoms with E-state index in [2.05, 4.69) is 24.1 Å². The summed E-state index contributed by atoms with van der Waals surface area (Å²) in [7, 11) is 0. The van der Waals surface area contributed by atoms with Crippen LogP contribution in [-0.2, 0) is 9.53 Å². The highest BCUT2D eigenvalue weighted by atomic mass is 35.5. The van der Waals surface area contributed by atoms with Gasteiger partial charge in [-0.2, -0.15) is 10.2 Å². The minimum Gasteiger partial charge on any atom is -0.465 e. The monoisotopic (exact) mass is 277 g/mol. The number of carbonyl (C=O) groups is 1. The van der Waals surface area contributed by atoms with E-state index in [0.717, 1.165) is 6.42 Å². The average molecular weight is 278 g/mol. The van der Waals surface area contributed by atoms with Gasteiger partial charge in [-0.15, -0.1) is 12.4 Å². The zero-order chi connectivity index (χ0) is 12.9. The first kappa shape index (κ1) is 17.3. The molecule has 0 unspecified atom stereocenters. The van der Waals surface area contributed by atoms with Gasteiger partial charge < -0.3 is 10.5 Å². The van der Waals surface area contributed by atoms with E-state index in [1.54, 1.807) is 0 Å². The van der Waals surface area contributed by atoms with E-state index >= 15 is 0 Å². The van der Waals surface area contributed by atoms with Gasteiger partial charge in [-0.25, -0.2) is 0 Å². The summed E-state index contributed by atoms with van der Waals surface area (Å²) in [6.07, 6.45) is 2.06. The van der Waals surface area contributed by atoms with Gasteiger partial charge >= 0.3 is 5.97 Å². The molecular formula is C12H24ClN3O2. The maximum Gasteiger partial charge on any atom is 0.306 e. The molecule has 5 nitrogen and oxygen atoms in total. The molecule has 0 radical (unpaired) electrons. The predicted octanol–water partition coefficient (Wildman–Crippen LogP) is 2.53. The summed E-state index contributed by atoms with van der Waals surface area (Å²) in [4.78, 5) is 11.6. The topological polar surface area (TPSA) is 77.0 Å². The standard InChI is InChI=1S/C12H23N3O2.ClH/c1-9(2)6-10(8-13)7-11(16)17-5-4-12(3)14-15-12;/h9-10H,4-8,13H2,1-3H3;1H/t10-;/m0./s1. The summed E-state index contributed by atoms with van der Waals surface area (Å²) in [5.74, 6) is 0.623. The second-order valence-electron chi connectivity index (χ2n) is 5.32. The maximum absolute atomic E-state index is 11.6. The molecule has 2 N–H and O–H groups in total. The summed E-state index contributed by atoms with van der Waals surface area (Å²) in [5.41, 5.74) is 5.35. The first-order valence-electron chi connectivity index (χ1n) is 6.25. The molecule has 0 aromatic carbocycles. The number of hydrogen-bond acceptors (Lipinski definition) is 5. The fraction of sp³-hybridized carbons (Fsp3) is 0.917. The van der Waals surface area contributed by atoms with E-state index in [4.69, 9.17) is 10.5 Å². The maximum atomic E-state index is 11.6. The van der Waals surface area contributed by atoms with E-state index in [0.29, 0.717) is 31.9 Å². The van der Waals surface area contributed by atoms with Crippen LogP contribution in [-0.4, -0.2) is 24.8 Å². The van der Waals surface area contributed by atoms with Crippen LogP contribution in [0.3, 0.4) is 0 Å². The van der Waals surface area contributed by atoms with Crippen LogP contribution < -0.4 is 5.73 Å². The predicted molar refractivity (Wildman–Crippen MR) is 72.7 cm³/mol. The Bertz CT molecular complexity index is 289. The lowest BCUT2D eigenvalue weighted by Gasteiger charge is -2.16. The van der Waals surface area contributed by atoms with Crippen LogP contribution in [0.1, 0.15) is 40.0 Å². The average Bonchev–Trinajstić information content (AvgIpc) is 2.95. The molecular weight excluding hydrogens is 254 g/mol. The first-order valence-corrected chi connectivity index (χ1v) is 6.25. The highest BCUT2D eigenvalue weighted by Gasteiger charge is 2.33. The van der Waals surface area contributed by atoms with Gasteiger partial charge in [-0.1, -0.05) is 13.8 Å². The molecule has 0 aromatic rings. The van der Waals surface area contributed by atoms with Crippen molar-refractivity contribution in [2.75, 3.05) is 13.2 Å². The minimum atomic E-state index is -0.286. The van der Waals surface area contributed by atoms with Crippen LogP contribution in [0.5, 0.6) is 0 Å². The Kier molecular flexibility index (Phi) is 7.40. The molecule has 0 spiro atoms. The molecule has 106 valence electrons. The van der Waals surface area contributed by atoms with Crippen molar-refractivity contribution < 1.29 is 9.53 Å². The zero-order valence-corrected chi connectivity index (χ0v) is 12.2. The summed E-state index contributed by atoms with van der Waals surface area (Å²) in [6.45, 7) is 7.11. The van der Waals surface area contributed by atoms with Crippen molar-refractivity contribution in [2.45, 2.75) is 45.7 Å². The fourth-order valence-corrected chi connectivity index (χ4v) is 1.77. The molecule has 0 amide bonds. The lowest BCUT2D eigenvalue weighted by Crippen LogP contribution is -2.22. The lowest BCUT2D eigenvalue weighted by atomic mass is 9.94. The van der Waals surface area contributed by atoms with Gasteiger partial charge in [-0.3, -0.25) is 4.79 Å². The Labute approximate surface area is 115 Å². The third kappa shape index (κ3) is 6.91. The number of nitrogens with zero attached hydrogens (tertiary/aromatic N) is 2. The number of hydrogen-bond donors (Lipinski definition) is 1. The van der Waals surface area contributed by atoms with Crippen molar-refractivity contribution in [3.05, 3.63) is 0 Å². The largest absolute Gasteiger partial charge is 0.465 e. The first-order chi connectivity index (χ1) is 7.95. The van der Waals surface area contributed by atoms with Crippen LogP contribution >= 0.6 is 12.4 Å². The van der Waals surface area contributed by atoms with Gasteiger partial charge in [0.1, 0.15) is 0 Å². The quantitative estimate of drug-likeness (QED) is 0.693. The molecule has 0 aromatic heterocycles. The molecule has 1 rings (SSSR count). The van der Waals surface area contributed by atoms with Gasteiger partial charge in [-0.05, 0) is 31.7 Å². The van der Waals surface area contributed by atoms with Gasteiger partial charge in [0, 0.05) is 12.8 Å². The summed E-state index contributed by atoms with van der Waals surface area (Å²) in [6, 6.07) is 0. The number of ether oxygens (including phenoxy) is 1. The Morgan fingerprint density at radius 2 is 2.00 bits per heavy atom. The second kappa shape index (κ2) is 7.69. The Hall–Kier alpha value is -0.680. The van der Waals surface area contributed by atoms with E-state index in [1.807, 2.05) is 6.92 Å². The summed E-state index contributed by atoms with van der Waals surface area (Å²) in [5, 5.41) is 7.72. The van der Waals surface area contributed by atoms with Crippen LogP contribution in [0.15, 0.2) is 10.2 Å². The van der Waals surface area contributed by atoms with Crippen molar-refractivity contribution in [1.29, 1.82) is 0 Å². The Balaban J connectivity index is 0.00000289. The Morgan fingerprint density at radius 3 is 2.44 bits per heavy atom. The SMILES string of the molecule is CC(C)C[C@H](CN)CC(=O)OCCC1(C)N=N1.Cl. The van der Waals surface area contributed by atoms with Gasteiger partial charge in [0.25, 0.3) is 0 Å². The number of nitrogens with two attached hydrogens (primary N) is 1. The number of rotatable bonds is 8. The van der Waals surface area contributed by atoms with Crippen LogP contribution in [0.25, 0.3) is 0 Å². The molecule has 1 aliphatic rings. The minimum absolute atomic E-state index is 0. The number of halogens is 1. The third-order valence-electron chi connectivity index (χ3n) is 2.87.